The van der Waals surface area contributed by atoms with Crippen LogP contribution < -0.4 is 11.1 Å². The lowest BCUT2D eigenvalue weighted by atomic mass is 10.0. The number of aromatic nitrogens is 1. The number of benzene rings is 1. The van der Waals surface area contributed by atoms with Crippen molar-refractivity contribution in [1.82, 2.24) is 5.16 Å². The molecule has 1 aromatic carbocycles. The number of carbonyl (C=O) groups is 1. The molecule has 0 spiro atoms. The van der Waals surface area contributed by atoms with Crippen molar-refractivity contribution in [1.29, 1.82) is 0 Å². The van der Waals surface area contributed by atoms with E-state index in [-0.39, 0.29) is 12.5 Å². The Hall–Kier alpha value is -2.58. The Morgan fingerprint density at radius 3 is 2.85 bits per heavy atom. The van der Waals surface area contributed by atoms with Crippen LogP contribution in [0, 0.1) is 25.7 Å². The highest BCUT2D eigenvalue weighted by Crippen LogP contribution is 2.15. The minimum atomic E-state index is -0.255. The second-order valence-corrected chi connectivity index (χ2v) is 4.32. The van der Waals surface area contributed by atoms with Crippen LogP contribution >= 0.6 is 0 Å². The molecule has 0 bridgehead atoms. The van der Waals surface area contributed by atoms with E-state index in [0.717, 1.165) is 11.1 Å². The summed E-state index contributed by atoms with van der Waals surface area (Å²) in [6, 6.07) is 7.09. The first-order chi connectivity index (χ1) is 9.60. The lowest BCUT2D eigenvalue weighted by molar-refractivity contribution is 0.102. The summed E-state index contributed by atoms with van der Waals surface area (Å²) in [5.74, 6) is 5.73. The van der Waals surface area contributed by atoms with Gasteiger partial charge in [0.05, 0.1) is 12.2 Å². The maximum atomic E-state index is 12.2. The fraction of sp³-hybridized carbons (Fsp3) is 0.200. The summed E-state index contributed by atoms with van der Waals surface area (Å²) in [5.41, 5.74) is 8.20. The van der Waals surface area contributed by atoms with E-state index in [9.17, 15) is 4.79 Å². The number of nitrogens with one attached hydrogen (secondary N) is 1. The van der Waals surface area contributed by atoms with Gasteiger partial charge in [0.15, 0.2) is 0 Å². The molecule has 0 aliphatic carbocycles. The second kappa shape index (κ2) is 6.04. The van der Waals surface area contributed by atoms with Crippen LogP contribution in [0.15, 0.2) is 28.8 Å². The number of rotatable bonds is 2. The van der Waals surface area contributed by atoms with E-state index in [1.807, 2.05) is 19.1 Å². The fourth-order valence-corrected chi connectivity index (χ4v) is 1.70. The summed E-state index contributed by atoms with van der Waals surface area (Å²) < 4.78 is 4.96. The summed E-state index contributed by atoms with van der Waals surface area (Å²) in [7, 11) is 0. The van der Waals surface area contributed by atoms with Crippen molar-refractivity contribution in [2.24, 2.45) is 5.73 Å². The molecule has 0 aliphatic rings. The van der Waals surface area contributed by atoms with E-state index in [0.29, 0.717) is 17.1 Å². The number of amides is 1. The Kier molecular flexibility index (Phi) is 4.18. The molecule has 0 aliphatic heterocycles. The van der Waals surface area contributed by atoms with Gasteiger partial charge in [-0.25, -0.2) is 0 Å². The predicted molar refractivity (Wildman–Crippen MR) is 76.3 cm³/mol. The summed E-state index contributed by atoms with van der Waals surface area (Å²) in [6.07, 6.45) is 0. The monoisotopic (exact) mass is 269 g/mol. The smallest absolute Gasteiger partial charge is 0.258 e. The Balaban J connectivity index is 2.24. The highest BCUT2D eigenvalue weighted by Gasteiger charge is 2.12. The average Bonchev–Trinajstić information content (AvgIpc) is 2.83. The van der Waals surface area contributed by atoms with Crippen molar-refractivity contribution in [3.63, 3.8) is 0 Å². The van der Waals surface area contributed by atoms with Gasteiger partial charge in [-0.1, -0.05) is 23.1 Å². The Bertz CT molecular complexity index is 693. The summed E-state index contributed by atoms with van der Waals surface area (Å²) in [5, 5.41) is 6.38. The van der Waals surface area contributed by atoms with Crippen LogP contribution in [0.25, 0.3) is 0 Å². The van der Waals surface area contributed by atoms with Gasteiger partial charge in [0.25, 0.3) is 5.91 Å². The molecular formula is C15H15N3O2. The third-order valence-electron chi connectivity index (χ3n) is 2.68. The number of nitrogens with two attached hydrogens (primary N) is 1. The molecule has 1 heterocycles. The maximum absolute atomic E-state index is 12.2. The molecule has 0 saturated carbocycles. The highest BCUT2D eigenvalue weighted by molar-refractivity contribution is 6.04. The lowest BCUT2D eigenvalue weighted by Crippen LogP contribution is -2.13. The first kappa shape index (κ1) is 13.8. The van der Waals surface area contributed by atoms with Crippen LogP contribution in [0.3, 0.4) is 0 Å². The van der Waals surface area contributed by atoms with Gasteiger partial charge in [0, 0.05) is 17.2 Å². The molecule has 5 nitrogen and oxygen atoms in total. The van der Waals surface area contributed by atoms with E-state index in [1.165, 1.54) is 0 Å². The summed E-state index contributed by atoms with van der Waals surface area (Å²) >= 11 is 0. The Morgan fingerprint density at radius 2 is 2.20 bits per heavy atom. The zero-order valence-corrected chi connectivity index (χ0v) is 11.4. The quantitative estimate of drug-likeness (QED) is 0.815. The molecule has 2 aromatic rings. The normalized spacial score (nSPS) is 9.75. The van der Waals surface area contributed by atoms with Crippen molar-refractivity contribution < 1.29 is 9.32 Å². The maximum Gasteiger partial charge on any atom is 0.258 e. The Morgan fingerprint density at radius 1 is 1.40 bits per heavy atom. The third kappa shape index (κ3) is 3.25. The minimum Gasteiger partial charge on any atom is -0.338 e. The van der Waals surface area contributed by atoms with Crippen LogP contribution in [0.5, 0.6) is 0 Å². The van der Waals surface area contributed by atoms with Gasteiger partial charge >= 0.3 is 0 Å². The standard InChI is InChI=1S/C15H15N3O2/c1-10-5-6-12(4-3-7-16)9-13(10)15(19)17-14-8-11(2)18-20-14/h5-6,8-9H,7,16H2,1-2H3,(H,17,19). The van der Waals surface area contributed by atoms with Gasteiger partial charge in [0.1, 0.15) is 0 Å². The van der Waals surface area contributed by atoms with Crippen LogP contribution in [0.2, 0.25) is 0 Å². The van der Waals surface area contributed by atoms with Crippen molar-refractivity contribution in [2.75, 3.05) is 11.9 Å². The molecule has 102 valence electrons. The van der Waals surface area contributed by atoms with Crippen molar-refractivity contribution in [3.05, 3.63) is 46.6 Å². The third-order valence-corrected chi connectivity index (χ3v) is 2.68. The summed E-state index contributed by atoms with van der Waals surface area (Å²) in [4.78, 5) is 12.2. The number of anilines is 1. The molecule has 1 amide bonds. The van der Waals surface area contributed by atoms with Crippen molar-refractivity contribution in [3.8, 4) is 11.8 Å². The van der Waals surface area contributed by atoms with E-state index in [4.69, 9.17) is 10.3 Å². The fourth-order valence-electron chi connectivity index (χ4n) is 1.70. The van der Waals surface area contributed by atoms with Gasteiger partial charge in [-0.05, 0) is 31.5 Å². The van der Waals surface area contributed by atoms with E-state index < -0.39 is 0 Å². The van der Waals surface area contributed by atoms with E-state index >= 15 is 0 Å². The van der Waals surface area contributed by atoms with Crippen molar-refractivity contribution >= 4 is 11.8 Å². The molecule has 5 heteroatoms. The zero-order chi connectivity index (χ0) is 14.5. The summed E-state index contributed by atoms with van der Waals surface area (Å²) in [6.45, 7) is 3.93. The molecule has 0 saturated heterocycles. The van der Waals surface area contributed by atoms with Crippen LogP contribution in [0.4, 0.5) is 5.88 Å². The number of carbonyl (C=O) groups excluding carboxylic acids is 1. The first-order valence-electron chi connectivity index (χ1n) is 6.14. The topological polar surface area (TPSA) is 81.2 Å². The number of aryl methyl sites for hydroxylation is 2. The molecule has 0 atom stereocenters. The van der Waals surface area contributed by atoms with Gasteiger partial charge in [-0.2, -0.15) is 0 Å². The molecule has 1 aromatic heterocycles. The lowest BCUT2D eigenvalue weighted by Gasteiger charge is -2.05. The molecular weight excluding hydrogens is 254 g/mol. The van der Waals surface area contributed by atoms with Crippen LogP contribution in [-0.4, -0.2) is 17.6 Å². The van der Waals surface area contributed by atoms with E-state index in [2.05, 4.69) is 22.3 Å². The van der Waals surface area contributed by atoms with Gasteiger partial charge < -0.3 is 10.3 Å². The second-order valence-electron chi connectivity index (χ2n) is 4.32. The molecule has 2 rings (SSSR count). The predicted octanol–water partition coefficient (Wildman–Crippen LogP) is 1.85. The van der Waals surface area contributed by atoms with Gasteiger partial charge in [0.2, 0.25) is 5.88 Å². The zero-order valence-electron chi connectivity index (χ0n) is 11.4. The van der Waals surface area contributed by atoms with Crippen LogP contribution in [0.1, 0.15) is 27.2 Å². The van der Waals surface area contributed by atoms with Gasteiger partial charge in [-0.15, -0.1) is 0 Å². The first-order valence-corrected chi connectivity index (χ1v) is 6.14. The highest BCUT2D eigenvalue weighted by atomic mass is 16.5. The average molecular weight is 269 g/mol. The van der Waals surface area contributed by atoms with E-state index in [1.54, 1.807) is 19.1 Å². The largest absolute Gasteiger partial charge is 0.338 e. The van der Waals surface area contributed by atoms with Gasteiger partial charge in [-0.3, -0.25) is 10.1 Å². The number of hydrogen-bond donors (Lipinski definition) is 2. The number of nitrogens with zero attached hydrogens (tertiary/aromatic N) is 1. The Labute approximate surface area is 117 Å². The number of hydrogen-bond acceptors (Lipinski definition) is 4. The van der Waals surface area contributed by atoms with Crippen molar-refractivity contribution in [2.45, 2.75) is 13.8 Å². The molecule has 0 unspecified atom stereocenters. The molecule has 20 heavy (non-hydrogen) atoms. The SMILES string of the molecule is Cc1cc(NC(=O)c2cc(C#CCN)ccc2C)on1. The van der Waals surface area contributed by atoms with Crippen LogP contribution in [-0.2, 0) is 0 Å². The molecule has 3 N–H and O–H groups in total. The minimum absolute atomic E-state index is 0.255. The molecule has 0 fully saturated rings. The molecule has 0 radical (unpaired) electrons.